The lowest BCUT2D eigenvalue weighted by atomic mass is 9.86. The van der Waals surface area contributed by atoms with Gasteiger partial charge in [0.25, 0.3) is 0 Å². The topological polar surface area (TPSA) is 78.4 Å². The minimum absolute atomic E-state index is 0.202. The van der Waals surface area contributed by atoms with E-state index >= 15 is 0 Å². The number of carboxylic acids is 1. The largest absolute Gasteiger partial charge is 0.480 e. The Bertz CT molecular complexity index is 291. The molecule has 17 heavy (non-hydrogen) atoms. The Kier molecular flexibility index (Phi) is 4.51. The second-order valence-corrected chi connectivity index (χ2v) is 5.65. The predicted octanol–water partition coefficient (Wildman–Crippen LogP) is 0.744. The molecule has 0 bridgehead atoms. The molecule has 0 spiro atoms. The number of carbonyl (C=O) groups excluding carboxylic acids is 1. The van der Waals surface area contributed by atoms with Gasteiger partial charge in [-0.25, -0.2) is 4.79 Å². The quantitative estimate of drug-likeness (QED) is 0.682. The lowest BCUT2D eigenvalue weighted by Gasteiger charge is -2.30. The Morgan fingerprint density at radius 2 is 2.00 bits per heavy atom. The van der Waals surface area contributed by atoms with Gasteiger partial charge in [-0.1, -0.05) is 27.2 Å². The van der Waals surface area contributed by atoms with E-state index in [0.717, 1.165) is 25.8 Å². The number of carboxylic acid groups (broad SMARTS) is 1. The highest BCUT2D eigenvalue weighted by Crippen LogP contribution is 2.20. The van der Waals surface area contributed by atoms with E-state index in [4.69, 9.17) is 5.11 Å². The van der Waals surface area contributed by atoms with E-state index < -0.39 is 17.4 Å². The van der Waals surface area contributed by atoms with Gasteiger partial charge in [0.2, 0.25) is 5.91 Å². The molecule has 1 fully saturated rings. The van der Waals surface area contributed by atoms with Crippen LogP contribution in [0, 0.1) is 5.41 Å². The van der Waals surface area contributed by atoms with Crippen LogP contribution in [0.25, 0.3) is 0 Å². The van der Waals surface area contributed by atoms with Gasteiger partial charge in [0.1, 0.15) is 6.04 Å². The van der Waals surface area contributed by atoms with Crippen molar-refractivity contribution in [2.75, 3.05) is 6.54 Å². The standard InChI is InChI=1S/C12H22N2O3/c1-12(2,3)9(11(16)17)14-10(15)8-6-4-5-7-13-8/h8-9,13H,4-7H2,1-3H3,(H,14,15)(H,16,17)/t8-,9-/m1/s1. The van der Waals surface area contributed by atoms with Crippen LogP contribution >= 0.6 is 0 Å². The summed E-state index contributed by atoms with van der Waals surface area (Å²) in [4.78, 5) is 23.1. The van der Waals surface area contributed by atoms with Gasteiger partial charge in [-0.15, -0.1) is 0 Å². The van der Waals surface area contributed by atoms with Gasteiger partial charge >= 0.3 is 5.97 Å². The van der Waals surface area contributed by atoms with Crippen molar-refractivity contribution in [2.24, 2.45) is 5.41 Å². The van der Waals surface area contributed by atoms with Gasteiger partial charge in [0, 0.05) is 0 Å². The van der Waals surface area contributed by atoms with Crippen LogP contribution in [0.3, 0.4) is 0 Å². The SMILES string of the molecule is CC(C)(C)[C@H](NC(=O)[C@H]1CCCCN1)C(=O)O. The highest BCUT2D eigenvalue weighted by molar-refractivity contribution is 5.87. The molecule has 0 aromatic rings. The van der Waals surface area contributed by atoms with Crippen LogP contribution in [0.2, 0.25) is 0 Å². The summed E-state index contributed by atoms with van der Waals surface area (Å²) in [7, 11) is 0. The van der Waals surface area contributed by atoms with Crippen LogP contribution in [0.1, 0.15) is 40.0 Å². The van der Waals surface area contributed by atoms with Crippen molar-refractivity contribution in [1.82, 2.24) is 10.6 Å². The first-order valence-corrected chi connectivity index (χ1v) is 6.09. The minimum atomic E-state index is -0.985. The molecule has 0 saturated carbocycles. The van der Waals surface area contributed by atoms with E-state index in [0.29, 0.717) is 0 Å². The maximum atomic E-state index is 11.9. The molecular formula is C12H22N2O3. The van der Waals surface area contributed by atoms with Crippen molar-refractivity contribution >= 4 is 11.9 Å². The number of carbonyl (C=O) groups is 2. The molecule has 5 nitrogen and oxygen atoms in total. The summed E-state index contributed by atoms with van der Waals surface area (Å²) in [6.45, 7) is 6.24. The molecule has 1 heterocycles. The highest BCUT2D eigenvalue weighted by atomic mass is 16.4. The van der Waals surface area contributed by atoms with Crippen LogP contribution in [0.15, 0.2) is 0 Å². The Morgan fingerprint density at radius 1 is 1.35 bits per heavy atom. The Labute approximate surface area is 102 Å². The molecule has 5 heteroatoms. The van der Waals surface area contributed by atoms with Gasteiger partial charge in [-0.2, -0.15) is 0 Å². The van der Waals surface area contributed by atoms with Crippen LogP contribution in [-0.4, -0.2) is 35.6 Å². The molecule has 0 unspecified atom stereocenters. The molecular weight excluding hydrogens is 220 g/mol. The molecule has 0 aromatic carbocycles. The van der Waals surface area contributed by atoms with Crippen LogP contribution < -0.4 is 10.6 Å². The number of rotatable bonds is 3. The first kappa shape index (κ1) is 14.0. The fourth-order valence-electron chi connectivity index (χ4n) is 1.97. The van der Waals surface area contributed by atoms with Gasteiger partial charge in [0.05, 0.1) is 6.04 Å². The van der Waals surface area contributed by atoms with E-state index in [1.807, 2.05) is 0 Å². The normalized spacial score (nSPS) is 22.9. The van der Waals surface area contributed by atoms with Gasteiger partial charge in [0.15, 0.2) is 0 Å². The number of hydrogen-bond donors (Lipinski definition) is 3. The summed E-state index contributed by atoms with van der Waals surface area (Å²) in [5, 5.41) is 14.9. The molecule has 1 saturated heterocycles. The van der Waals surface area contributed by atoms with Gasteiger partial charge in [-0.05, 0) is 24.8 Å². The Morgan fingerprint density at radius 3 is 2.41 bits per heavy atom. The van der Waals surface area contributed by atoms with E-state index in [1.54, 1.807) is 20.8 Å². The fourth-order valence-corrected chi connectivity index (χ4v) is 1.97. The average molecular weight is 242 g/mol. The van der Waals surface area contributed by atoms with Crippen LogP contribution in [0.5, 0.6) is 0 Å². The maximum absolute atomic E-state index is 11.9. The summed E-state index contributed by atoms with van der Waals surface area (Å²) in [5.74, 6) is -1.19. The second kappa shape index (κ2) is 5.49. The van der Waals surface area contributed by atoms with Gasteiger partial charge in [-0.3, -0.25) is 4.79 Å². The Balaban J connectivity index is 2.60. The maximum Gasteiger partial charge on any atom is 0.326 e. The monoisotopic (exact) mass is 242 g/mol. The summed E-state index contributed by atoms with van der Waals surface area (Å²) >= 11 is 0. The first-order chi connectivity index (χ1) is 7.82. The van der Waals surface area contributed by atoms with E-state index in [-0.39, 0.29) is 11.9 Å². The third-order valence-corrected chi connectivity index (χ3v) is 3.03. The van der Waals surface area contributed by atoms with Crippen LogP contribution in [-0.2, 0) is 9.59 Å². The van der Waals surface area contributed by atoms with Crippen molar-refractivity contribution in [3.8, 4) is 0 Å². The average Bonchev–Trinajstić information content (AvgIpc) is 2.24. The summed E-state index contributed by atoms with van der Waals surface area (Å²) in [5.41, 5.74) is -0.490. The number of piperidine rings is 1. The molecule has 1 aliphatic heterocycles. The second-order valence-electron chi connectivity index (χ2n) is 5.65. The molecule has 0 aliphatic carbocycles. The smallest absolute Gasteiger partial charge is 0.326 e. The number of aliphatic carboxylic acids is 1. The number of hydrogen-bond acceptors (Lipinski definition) is 3. The molecule has 1 amide bonds. The zero-order valence-electron chi connectivity index (χ0n) is 10.7. The first-order valence-electron chi connectivity index (χ1n) is 6.09. The molecule has 3 N–H and O–H groups in total. The molecule has 1 rings (SSSR count). The van der Waals surface area contributed by atoms with E-state index in [1.165, 1.54) is 0 Å². The predicted molar refractivity (Wildman–Crippen MR) is 64.7 cm³/mol. The summed E-state index contributed by atoms with van der Waals surface area (Å²) < 4.78 is 0. The lowest BCUT2D eigenvalue weighted by Crippen LogP contribution is -2.55. The Hall–Kier alpha value is -1.10. The third kappa shape index (κ3) is 4.00. The minimum Gasteiger partial charge on any atom is -0.480 e. The highest BCUT2D eigenvalue weighted by Gasteiger charge is 2.34. The van der Waals surface area contributed by atoms with Crippen molar-refractivity contribution in [2.45, 2.75) is 52.1 Å². The molecule has 1 aliphatic rings. The van der Waals surface area contributed by atoms with Crippen molar-refractivity contribution in [3.05, 3.63) is 0 Å². The zero-order valence-corrected chi connectivity index (χ0v) is 10.7. The molecule has 98 valence electrons. The summed E-state index contributed by atoms with van der Waals surface area (Å²) in [6, 6.07) is -1.09. The number of nitrogens with one attached hydrogen (secondary N) is 2. The fraction of sp³-hybridized carbons (Fsp3) is 0.833. The summed E-state index contributed by atoms with van der Waals surface area (Å²) in [6.07, 6.45) is 2.87. The van der Waals surface area contributed by atoms with E-state index in [9.17, 15) is 9.59 Å². The zero-order chi connectivity index (χ0) is 13.1. The molecule has 0 aromatic heterocycles. The van der Waals surface area contributed by atoms with Gasteiger partial charge < -0.3 is 15.7 Å². The molecule has 2 atom stereocenters. The van der Waals surface area contributed by atoms with Crippen LogP contribution in [0.4, 0.5) is 0 Å². The molecule has 0 radical (unpaired) electrons. The third-order valence-electron chi connectivity index (χ3n) is 3.03. The van der Waals surface area contributed by atoms with Crippen molar-refractivity contribution < 1.29 is 14.7 Å². The lowest BCUT2D eigenvalue weighted by molar-refractivity contribution is -0.145. The number of amides is 1. The van der Waals surface area contributed by atoms with E-state index in [2.05, 4.69) is 10.6 Å². The van der Waals surface area contributed by atoms with Crippen molar-refractivity contribution in [1.29, 1.82) is 0 Å². The van der Waals surface area contributed by atoms with Crippen molar-refractivity contribution in [3.63, 3.8) is 0 Å².